The van der Waals surface area contributed by atoms with E-state index in [4.69, 9.17) is 10.5 Å². The minimum absolute atomic E-state index is 0.233. The van der Waals surface area contributed by atoms with Crippen molar-refractivity contribution < 1.29 is 9.53 Å². The molecule has 0 bridgehead atoms. The molecule has 3 nitrogen and oxygen atoms in total. The van der Waals surface area contributed by atoms with Crippen LogP contribution in [0.4, 0.5) is 5.69 Å². The molecule has 0 spiro atoms. The van der Waals surface area contributed by atoms with E-state index < -0.39 is 0 Å². The lowest BCUT2D eigenvalue weighted by atomic mass is 10.3. The van der Waals surface area contributed by atoms with Gasteiger partial charge in [-0.3, -0.25) is 4.79 Å². The lowest BCUT2D eigenvalue weighted by molar-refractivity contribution is -0.140. The zero-order valence-electron chi connectivity index (χ0n) is 8.03. The number of thioether (sulfide) groups is 1. The van der Waals surface area contributed by atoms with Gasteiger partial charge < -0.3 is 10.5 Å². The van der Waals surface area contributed by atoms with Crippen molar-refractivity contribution in [2.24, 2.45) is 0 Å². The van der Waals surface area contributed by atoms with E-state index in [1.807, 2.05) is 24.3 Å². The SMILES string of the molecule is CC(=O)OCCSc1ccc(N)cc1. The number of anilines is 1. The molecular weight excluding hydrogens is 198 g/mol. The summed E-state index contributed by atoms with van der Waals surface area (Å²) in [5.41, 5.74) is 6.30. The van der Waals surface area contributed by atoms with Crippen molar-refractivity contribution in [3.05, 3.63) is 24.3 Å². The first kappa shape index (κ1) is 10.9. The van der Waals surface area contributed by atoms with E-state index in [1.54, 1.807) is 11.8 Å². The number of hydrogen-bond donors (Lipinski definition) is 1. The largest absolute Gasteiger partial charge is 0.465 e. The maximum Gasteiger partial charge on any atom is 0.302 e. The second-order valence-corrected chi connectivity index (χ2v) is 3.93. The first-order valence-corrected chi connectivity index (χ1v) is 5.29. The quantitative estimate of drug-likeness (QED) is 0.358. The highest BCUT2D eigenvalue weighted by Gasteiger charge is 1.95. The third kappa shape index (κ3) is 4.18. The molecule has 14 heavy (non-hydrogen) atoms. The molecule has 0 radical (unpaired) electrons. The van der Waals surface area contributed by atoms with Crippen LogP contribution in [0.5, 0.6) is 0 Å². The Balaban J connectivity index is 2.25. The van der Waals surface area contributed by atoms with Gasteiger partial charge in [-0.25, -0.2) is 0 Å². The van der Waals surface area contributed by atoms with Crippen molar-refractivity contribution in [2.75, 3.05) is 18.1 Å². The van der Waals surface area contributed by atoms with E-state index >= 15 is 0 Å². The summed E-state index contributed by atoms with van der Waals surface area (Å²) < 4.78 is 4.80. The Labute approximate surface area is 87.6 Å². The van der Waals surface area contributed by atoms with Crippen LogP contribution >= 0.6 is 11.8 Å². The summed E-state index contributed by atoms with van der Waals surface area (Å²) in [4.78, 5) is 11.6. The number of nitrogens with two attached hydrogens (primary N) is 1. The lowest BCUT2D eigenvalue weighted by Gasteiger charge is -2.02. The number of carbonyl (C=O) groups excluding carboxylic acids is 1. The average molecular weight is 211 g/mol. The van der Waals surface area contributed by atoms with E-state index in [-0.39, 0.29) is 5.97 Å². The first-order chi connectivity index (χ1) is 6.68. The van der Waals surface area contributed by atoms with E-state index in [0.717, 1.165) is 16.3 Å². The third-order valence-corrected chi connectivity index (χ3v) is 2.51. The smallest absolute Gasteiger partial charge is 0.302 e. The summed E-state index contributed by atoms with van der Waals surface area (Å²) in [6.07, 6.45) is 0. The van der Waals surface area contributed by atoms with Crippen LogP contribution < -0.4 is 5.73 Å². The van der Waals surface area contributed by atoms with Crippen LogP contribution in [-0.4, -0.2) is 18.3 Å². The summed E-state index contributed by atoms with van der Waals surface area (Å²) in [5, 5.41) is 0. The normalized spacial score (nSPS) is 9.79. The van der Waals surface area contributed by atoms with Crippen molar-refractivity contribution in [3.8, 4) is 0 Å². The van der Waals surface area contributed by atoms with Gasteiger partial charge in [0.15, 0.2) is 0 Å². The fraction of sp³-hybridized carbons (Fsp3) is 0.300. The van der Waals surface area contributed by atoms with Gasteiger partial charge in [0.05, 0.1) is 0 Å². The molecule has 0 saturated heterocycles. The molecule has 0 aromatic heterocycles. The molecular formula is C10H13NO2S. The van der Waals surface area contributed by atoms with Crippen molar-refractivity contribution in [2.45, 2.75) is 11.8 Å². The van der Waals surface area contributed by atoms with Crippen molar-refractivity contribution >= 4 is 23.4 Å². The monoisotopic (exact) mass is 211 g/mol. The molecule has 0 amide bonds. The molecule has 1 rings (SSSR count). The highest BCUT2D eigenvalue weighted by Crippen LogP contribution is 2.18. The van der Waals surface area contributed by atoms with Gasteiger partial charge in [-0.05, 0) is 24.3 Å². The molecule has 1 aromatic carbocycles. The fourth-order valence-electron chi connectivity index (χ4n) is 0.909. The molecule has 0 heterocycles. The van der Waals surface area contributed by atoms with Crippen LogP contribution in [0.2, 0.25) is 0 Å². The number of benzene rings is 1. The molecule has 0 aliphatic carbocycles. The Morgan fingerprint density at radius 2 is 2.07 bits per heavy atom. The Morgan fingerprint density at radius 1 is 1.43 bits per heavy atom. The Kier molecular flexibility index (Phi) is 4.32. The topological polar surface area (TPSA) is 52.3 Å². The number of nitrogen functional groups attached to an aromatic ring is 1. The van der Waals surface area contributed by atoms with E-state index in [1.165, 1.54) is 6.92 Å². The van der Waals surface area contributed by atoms with Gasteiger partial charge >= 0.3 is 5.97 Å². The van der Waals surface area contributed by atoms with Gasteiger partial charge in [-0.15, -0.1) is 11.8 Å². The summed E-state index contributed by atoms with van der Waals surface area (Å²) in [7, 11) is 0. The summed E-state index contributed by atoms with van der Waals surface area (Å²) in [5.74, 6) is 0.534. The highest BCUT2D eigenvalue weighted by atomic mass is 32.2. The second kappa shape index (κ2) is 5.54. The number of ether oxygens (including phenoxy) is 1. The molecule has 4 heteroatoms. The molecule has 0 fully saturated rings. The average Bonchev–Trinajstić information content (AvgIpc) is 2.15. The Bertz CT molecular complexity index is 297. The highest BCUT2D eigenvalue weighted by molar-refractivity contribution is 7.99. The predicted octanol–water partition coefficient (Wildman–Crippen LogP) is 1.92. The minimum Gasteiger partial charge on any atom is -0.465 e. The van der Waals surface area contributed by atoms with Gasteiger partial charge in [-0.1, -0.05) is 0 Å². The van der Waals surface area contributed by atoms with Gasteiger partial charge in [0, 0.05) is 23.3 Å². The van der Waals surface area contributed by atoms with Crippen LogP contribution in [0.25, 0.3) is 0 Å². The lowest BCUT2D eigenvalue weighted by Crippen LogP contribution is -2.02. The van der Waals surface area contributed by atoms with Crippen molar-refractivity contribution in [3.63, 3.8) is 0 Å². The maximum absolute atomic E-state index is 10.5. The van der Waals surface area contributed by atoms with Crippen LogP contribution in [0.1, 0.15) is 6.92 Å². The Hall–Kier alpha value is -1.16. The van der Waals surface area contributed by atoms with Gasteiger partial charge in [0.2, 0.25) is 0 Å². The fourth-order valence-corrected chi connectivity index (χ4v) is 1.64. The first-order valence-electron chi connectivity index (χ1n) is 4.30. The third-order valence-electron chi connectivity index (χ3n) is 1.54. The van der Waals surface area contributed by atoms with Gasteiger partial charge in [0.1, 0.15) is 6.61 Å². The van der Waals surface area contributed by atoms with E-state index in [2.05, 4.69) is 0 Å². The van der Waals surface area contributed by atoms with Crippen molar-refractivity contribution in [1.29, 1.82) is 0 Å². The zero-order chi connectivity index (χ0) is 10.4. The molecule has 0 atom stereocenters. The van der Waals surface area contributed by atoms with E-state index in [9.17, 15) is 4.79 Å². The standard InChI is InChI=1S/C10H13NO2S/c1-8(12)13-6-7-14-10-4-2-9(11)3-5-10/h2-5H,6-7,11H2,1H3. The number of carbonyl (C=O) groups is 1. The molecule has 2 N–H and O–H groups in total. The van der Waals surface area contributed by atoms with E-state index in [0.29, 0.717) is 6.61 Å². The van der Waals surface area contributed by atoms with Gasteiger partial charge in [-0.2, -0.15) is 0 Å². The molecule has 0 aliphatic heterocycles. The van der Waals surface area contributed by atoms with Crippen LogP contribution in [0, 0.1) is 0 Å². The zero-order valence-corrected chi connectivity index (χ0v) is 8.84. The predicted molar refractivity (Wildman–Crippen MR) is 58.2 cm³/mol. The molecule has 76 valence electrons. The van der Waals surface area contributed by atoms with Crippen LogP contribution in [0.15, 0.2) is 29.2 Å². The summed E-state index contributed by atoms with van der Waals surface area (Å²) >= 11 is 1.64. The van der Waals surface area contributed by atoms with Crippen LogP contribution in [-0.2, 0) is 9.53 Å². The number of esters is 1. The molecule has 0 saturated carbocycles. The number of rotatable bonds is 4. The molecule has 0 aliphatic rings. The molecule has 1 aromatic rings. The van der Waals surface area contributed by atoms with Gasteiger partial charge in [0.25, 0.3) is 0 Å². The van der Waals surface area contributed by atoms with Crippen LogP contribution in [0.3, 0.4) is 0 Å². The van der Waals surface area contributed by atoms with Crippen molar-refractivity contribution in [1.82, 2.24) is 0 Å². The minimum atomic E-state index is -0.233. The number of hydrogen-bond acceptors (Lipinski definition) is 4. The Morgan fingerprint density at radius 3 is 2.64 bits per heavy atom. The molecule has 0 unspecified atom stereocenters. The summed E-state index contributed by atoms with van der Waals surface area (Å²) in [6.45, 7) is 1.86. The maximum atomic E-state index is 10.5. The second-order valence-electron chi connectivity index (χ2n) is 2.76. The summed E-state index contributed by atoms with van der Waals surface area (Å²) in [6, 6.07) is 7.61.